The topological polar surface area (TPSA) is 49.2 Å². The highest BCUT2D eigenvalue weighted by Gasteiger charge is 2.35. The Hall–Kier alpha value is -3.17. The van der Waals surface area contributed by atoms with E-state index in [1.165, 1.54) is 19.2 Å². The van der Waals surface area contributed by atoms with Gasteiger partial charge in [-0.25, -0.2) is 13.5 Å². The molecule has 0 aliphatic heterocycles. The van der Waals surface area contributed by atoms with Crippen molar-refractivity contribution < 1.29 is 31.4 Å². The minimum atomic E-state index is -4.61. The Labute approximate surface area is 156 Å². The molecule has 0 spiro atoms. The molecule has 28 heavy (non-hydrogen) atoms. The quantitative estimate of drug-likeness (QED) is 0.579. The number of nitrogens with zero attached hydrogens (tertiary/aromatic N) is 3. The number of aryl methyl sites for hydroxylation is 2. The molecule has 3 rings (SSSR count). The zero-order valence-corrected chi connectivity index (χ0v) is 14.7. The van der Waals surface area contributed by atoms with Gasteiger partial charge in [-0.05, 0) is 30.7 Å². The minimum Gasteiger partial charge on any atom is -0.473 e. The lowest BCUT2D eigenvalue weighted by molar-refractivity contribution is -0.141. The molecule has 0 unspecified atom stereocenters. The first-order valence-corrected chi connectivity index (χ1v) is 7.96. The molecule has 0 amide bonds. The van der Waals surface area contributed by atoms with E-state index >= 15 is 0 Å². The molecule has 2 aromatic heterocycles. The highest BCUT2D eigenvalue weighted by Crippen LogP contribution is 2.32. The maximum absolute atomic E-state index is 13.7. The van der Waals surface area contributed by atoms with Gasteiger partial charge >= 0.3 is 6.18 Å². The third-order valence-corrected chi connectivity index (χ3v) is 3.64. The summed E-state index contributed by atoms with van der Waals surface area (Å²) in [5.41, 5.74) is -0.471. The number of hydrogen-bond donors (Lipinski definition) is 0. The molecule has 0 bridgehead atoms. The molecule has 1 aromatic carbocycles. The summed E-state index contributed by atoms with van der Waals surface area (Å²) in [6.07, 6.45) is -4.61. The fraction of sp³-hybridized carbons (Fsp3) is 0.222. The summed E-state index contributed by atoms with van der Waals surface area (Å²) in [5, 5.41) is 3.35. The van der Waals surface area contributed by atoms with Crippen LogP contribution in [0.2, 0.25) is 0 Å². The van der Waals surface area contributed by atoms with E-state index in [2.05, 4.69) is 10.1 Å². The number of rotatable bonds is 5. The molecular formula is C18H14F5N3O2. The van der Waals surface area contributed by atoms with Crippen LogP contribution in [0.4, 0.5) is 22.0 Å². The van der Waals surface area contributed by atoms with E-state index in [4.69, 9.17) is 9.47 Å². The van der Waals surface area contributed by atoms with Crippen LogP contribution >= 0.6 is 0 Å². The van der Waals surface area contributed by atoms with Crippen molar-refractivity contribution in [1.29, 1.82) is 0 Å². The van der Waals surface area contributed by atoms with Gasteiger partial charge in [-0.3, -0.25) is 0 Å². The maximum Gasteiger partial charge on any atom is 0.435 e. The summed E-state index contributed by atoms with van der Waals surface area (Å²) in [6.45, 7) is 1.40. The van der Waals surface area contributed by atoms with E-state index in [-0.39, 0.29) is 29.8 Å². The lowest BCUT2D eigenvalue weighted by atomic mass is 10.2. The molecule has 2 heterocycles. The number of benzene rings is 1. The summed E-state index contributed by atoms with van der Waals surface area (Å²) in [7, 11) is 1.30. The Bertz CT molecular complexity index is 1000. The van der Waals surface area contributed by atoms with Gasteiger partial charge in [-0.2, -0.15) is 23.3 Å². The van der Waals surface area contributed by atoms with Crippen molar-refractivity contribution in [3.8, 4) is 17.6 Å². The molecule has 0 N–H and O–H groups in total. The fourth-order valence-electron chi connectivity index (χ4n) is 2.33. The lowest BCUT2D eigenvalue weighted by Crippen LogP contribution is -2.06. The Balaban J connectivity index is 1.78. The van der Waals surface area contributed by atoms with Gasteiger partial charge in [-0.1, -0.05) is 0 Å². The van der Waals surface area contributed by atoms with E-state index in [0.29, 0.717) is 5.56 Å². The van der Waals surface area contributed by atoms with Crippen LogP contribution in [0.1, 0.15) is 16.8 Å². The van der Waals surface area contributed by atoms with Crippen LogP contribution < -0.4 is 9.47 Å². The van der Waals surface area contributed by atoms with E-state index in [1.54, 1.807) is 6.92 Å². The van der Waals surface area contributed by atoms with Crippen molar-refractivity contribution in [1.82, 2.24) is 14.8 Å². The standard InChI is InChI=1S/C18H14F5N3O2/c1-10-5-15(27-9-11-7-12(19)3-4-13(11)20)24-16(6-10)28-17-8-14(18(21,22)23)25-26(17)2/h3-8H,9H2,1-2H3. The minimum absolute atomic E-state index is 0.00720. The summed E-state index contributed by atoms with van der Waals surface area (Å²) in [5.74, 6) is -1.42. The predicted molar refractivity (Wildman–Crippen MR) is 87.9 cm³/mol. The first-order chi connectivity index (χ1) is 13.1. The number of pyridine rings is 1. The molecule has 0 fully saturated rings. The number of alkyl halides is 3. The van der Waals surface area contributed by atoms with Crippen molar-refractivity contribution >= 4 is 0 Å². The van der Waals surface area contributed by atoms with E-state index in [9.17, 15) is 22.0 Å². The molecule has 148 valence electrons. The van der Waals surface area contributed by atoms with Crippen LogP contribution in [0.25, 0.3) is 0 Å². The summed E-state index contributed by atoms with van der Waals surface area (Å²) >= 11 is 0. The normalized spacial score (nSPS) is 11.5. The van der Waals surface area contributed by atoms with Crippen LogP contribution in [-0.2, 0) is 19.8 Å². The van der Waals surface area contributed by atoms with Crippen LogP contribution in [0.15, 0.2) is 36.4 Å². The number of halogens is 5. The van der Waals surface area contributed by atoms with Crippen molar-refractivity contribution in [3.05, 3.63) is 64.9 Å². The van der Waals surface area contributed by atoms with Gasteiger partial charge in [0.15, 0.2) is 5.69 Å². The first kappa shape index (κ1) is 19.6. The van der Waals surface area contributed by atoms with Crippen molar-refractivity contribution in [2.75, 3.05) is 0 Å². The molecular weight excluding hydrogens is 385 g/mol. The van der Waals surface area contributed by atoms with Gasteiger partial charge in [-0.15, -0.1) is 0 Å². The van der Waals surface area contributed by atoms with Crippen molar-refractivity contribution in [2.45, 2.75) is 19.7 Å². The van der Waals surface area contributed by atoms with Crippen molar-refractivity contribution in [3.63, 3.8) is 0 Å². The van der Waals surface area contributed by atoms with Gasteiger partial charge in [0.05, 0.1) is 0 Å². The third-order valence-electron chi connectivity index (χ3n) is 3.64. The third kappa shape index (κ3) is 4.56. The van der Waals surface area contributed by atoms with E-state index < -0.39 is 23.5 Å². The maximum atomic E-state index is 13.7. The van der Waals surface area contributed by atoms with Crippen LogP contribution in [-0.4, -0.2) is 14.8 Å². The average molecular weight is 399 g/mol. The monoisotopic (exact) mass is 399 g/mol. The smallest absolute Gasteiger partial charge is 0.435 e. The lowest BCUT2D eigenvalue weighted by Gasteiger charge is -2.10. The molecule has 0 saturated heterocycles. The zero-order chi connectivity index (χ0) is 20.5. The summed E-state index contributed by atoms with van der Waals surface area (Å²) < 4.78 is 76.8. The molecule has 0 radical (unpaired) electrons. The van der Waals surface area contributed by atoms with E-state index in [1.807, 2.05) is 0 Å². The second-order valence-corrected chi connectivity index (χ2v) is 5.94. The molecule has 0 aliphatic carbocycles. The predicted octanol–water partition coefficient (Wildman–Crippen LogP) is 4.79. The van der Waals surface area contributed by atoms with Crippen LogP contribution in [0, 0.1) is 18.6 Å². The number of ether oxygens (including phenoxy) is 2. The molecule has 0 saturated carbocycles. The molecule has 0 atom stereocenters. The van der Waals surface area contributed by atoms with E-state index in [0.717, 1.165) is 28.9 Å². The summed E-state index contributed by atoms with van der Waals surface area (Å²) in [4.78, 5) is 4.03. The molecule has 10 heteroatoms. The van der Waals surface area contributed by atoms with Gasteiger partial charge < -0.3 is 9.47 Å². The van der Waals surface area contributed by atoms with Crippen LogP contribution in [0.3, 0.4) is 0 Å². The van der Waals surface area contributed by atoms with Crippen molar-refractivity contribution in [2.24, 2.45) is 7.05 Å². The highest BCUT2D eigenvalue weighted by atomic mass is 19.4. The fourth-order valence-corrected chi connectivity index (χ4v) is 2.33. The zero-order valence-electron chi connectivity index (χ0n) is 14.7. The van der Waals surface area contributed by atoms with Crippen LogP contribution in [0.5, 0.6) is 17.6 Å². The second-order valence-electron chi connectivity index (χ2n) is 5.94. The molecule has 5 nitrogen and oxygen atoms in total. The van der Waals surface area contributed by atoms with Gasteiger partial charge in [0.2, 0.25) is 17.6 Å². The Morgan fingerprint density at radius 3 is 2.43 bits per heavy atom. The van der Waals surface area contributed by atoms with Gasteiger partial charge in [0, 0.05) is 30.8 Å². The second kappa shape index (κ2) is 7.45. The van der Waals surface area contributed by atoms with Gasteiger partial charge in [0.1, 0.15) is 18.2 Å². The number of aromatic nitrogens is 3. The molecule has 0 aliphatic rings. The largest absolute Gasteiger partial charge is 0.473 e. The SMILES string of the molecule is Cc1cc(OCc2cc(F)ccc2F)nc(Oc2cc(C(F)(F)F)nn2C)c1. The van der Waals surface area contributed by atoms with Gasteiger partial charge in [0.25, 0.3) is 0 Å². The number of hydrogen-bond acceptors (Lipinski definition) is 4. The Morgan fingerprint density at radius 2 is 1.75 bits per heavy atom. The first-order valence-electron chi connectivity index (χ1n) is 7.96. The highest BCUT2D eigenvalue weighted by molar-refractivity contribution is 5.31. The molecule has 3 aromatic rings. The average Bonchev–Trinajstić information content (AvgIpc) is 2.96. The Kier molecular flexibility index (Phi) is 5.21. The summed E-state index contributed by atoms with van der Waals surface area (Å²) in [6, 6.07) is 6.71. The Morgan fingerprint density at radius 1 is 1.04 bits per heavy atom.